The number of amides is 1. The van der Waals surface area contributed by atoms with Gasteiger partial charge in [0.2, 0.25) is 0 Å². The minimum absolute atomic E-state index is 0.0497. The van der Waals surface area contributed by atoms with Crippen LogP contribution in [0.15, 0.2) is 18.3 Å². The number of piperazine rings is 1. The van der Waals surface area contributed by atoms with Crippen LogP contribution in [0.25, 0.3) is 0 Å². The molecular weight excluding hydrogens is 258 g/mol. The first-order valence-electron chi connectivity index (χ1n) is 6.71. The van der Waals surface area contributed by atoms with E-state index in [2.05, 4.69) is 23.9 Å². The summed E-state index contributed by atoms with van der Waals surface area (Å²) in [5.74, 6) is -1.17. The van der Waals surface area contributed by atoms with Gasteiger partial charge in [0.15, 0.2) is 0 Å². The van der Waals surface area contributed by atoms with Crippen LogP contribution in [0.5, 0.6) is 0 Å². The molecule has 1 saturated heterocycles. The van der Waals surface area contributed by atoms with Gasteiger partial charge in [0, 0.05) is 31.9 Å². The molecule has 0 aromatic carbocycles. The average molecular weight is 277 g/mol. The number of carboxylic acids is 1. The first-order chi connectivity index (χ1) is 9.52. The molecule has 108 valence electrons. The van der Waals surface area contributed by atoms with Gasteiger partial charge in [0.1, 0.15) is 5.69 Å². The Morgan fingerprint density at radius 1 is 1.40 bits per heavy atom. The van der Waals surface area contributed by atoms with Crippen molar-refractivity contribution in [2.45, 2.75) is 19.4 Å². The van der Waals surface area contributed by atoms with Crippen molar-refractivity contribution in [2.75, 3.05) is 26.7 Å². The standard InChI is InChI=1S/C14H19N3O3/c1-3-11-9-17(7-6-16(11)2)13(18)10-4-5-12(14(19)20)15-8-10/h4-5,8,11H,3,6-7,9H2,1-2H3,(H,19,20). The number of carboxylic acid groups (broad SMARTS) is 1. The predicted octanol–water partition coefficient (Wildman–Crippen LogP) is 0.946. The third-order valence-corrected chi connectivity index (χ3v) is 3.77. The van der Waals surface area contributed by atoms with Crippen LogP contribution >= 0.6 is 0 Å². The molecule has 0 aliphatic carbocycles. The zero-order chi connectivity index (χ0) is 14.7. The molecule has 20 heavy (non-hydrogen) atoms. The van der Waals surface area contributed by atoms with E-state index in [0.717, 1.165) is 13.0 Å². The minimum atomic E-state index is -1.09. The highest BCUT2D eigenvalue weighted by Crippen LogP contribution is 2.14. The Labute approximate surface area is 118 Å². The Kier molecular flexibility index (Phi) is 4.34. The van der Waals surface area contributed by atoms with E-state index >= 15 is 0 Å². The number of aromatic carboxylic acids is 1. The maximum Gasteiger partial charge on any atom is 0.354 e. The van der Waals surface area contributed by atoms with E-state index in [1.165, 1.54) is 18.3 Å². The van der Waals surface area contributed by atoms with Gasteiger partial charge in [-0.2, -0.15) is 0 Å². The Bertz CT molecular complexity index is 501. The van der Waals surface area contributed by atoms with Crippen LogP contribution < -0.4 is 0 Å². The van der Waals surface area contributed by atoms with Crippen LogP contribution in [0.4, 0.5) is 0 Å². The van der Waals surface area contributed by atoms with E-state index in [0.29, 0.717) is 24.7 Å². The fourth-order valence-corrected chi connectivity index (χ4v) is 2.40. The van der Waals surface area contributed by atoms with Crippen LogP contribution in [-0.2, 0) is 0 Å². The average Bonchev–Trinajstić information content (AvgIpc) is 2.47. The number of rotatable bonds is 3. The SMILES string of the molecule is CCC1CN(C(=O)c2ccc(C(=O)O)nc2)CCN1C. The fourth-order valence-electron chi connectivity index (χ4n) is 2.40. The molecule has 1 amide bonds. The molecule has 1 aromatic rings. The van der Waals surface area contributed by atoms with E-state index in [1.54, 1.807) is 0 Å². The topological polar surface area (TPSA) is 73.7 Å². The van der Waals surface area contributed by atoms with Crippen LogP contribution in [0, 0.1) is 0 Å². The van der Waals surface area contributed by atoms with Crippen molar-refractivity contribution in [2.24, 2.45) is 0 Å². The summed E-state index contributed by atoms with van der Waals surface area (Å²) in [7, 11) is 2.07. The predicted molar refractivity (Wildman–Crippen MR) is 73.8 cm³/mol. The van der Waals surface area contributed by atoms with Gasteiger partial charge in [-0.3, -0.25) is 9.69 Å². The number of nitrogens with zero attached hydrogens (tertiary/aromatic N) is 3. The van der Waals surface area contributed by atoms with Crippen molar-refractivity contribution in [3.63, 3.8) is 0 Å². The zero-order valence-corrected chi connectivity index (χ0v) is 11.7. The lowest BCUT2D eigenvalue weighted by Gasteiger charge is -2.39. The van der Waals surface area contributed by atoms with E-state index < -0.39 is 5.97 Å². The molecule has 6 heteroatoms. The first-order valence-corrected chi connectivity index (χ1v) is 6.71. The number of hydrogen-bond donors (Lipinski definition) is 1. The minimum Gasteiger partial charge on any atom is -0.477 e. The zero-order valence-electron chi connectivity index (χ0n) is 11.7. The summed E-state index contributed by atoms with van der Waals surface area (Å²) in [6.07, 6.45) is 2.33. The highest BCUT2D eigenvalue weighted by Gasteiger charge is 2.26. The van der Waals surface area contributed by atoms with Crippen molar-refractivity contribution in [3.05, 3.63) is 29.6 Å². The van der Waals surface area contributed by atoms with Gasteiger partial charge in [0.25, 0.3) is 5.91 Å². The molecule has 6 nitrogen and oxygen atoms in total. The quantitative estimate of drug-likeness (QED) is 0.890. The fraction of sp³-hybridized carbons (Fsp3) is 0.500. The maximum absolute atomic E-state index is 12.4. The lowest BCUT2D eigenvalue weighted by Crippen LogP contribution is -2.52. The summed E-state index contributed by atoms with van der Waals surface area (Å²) in [6.45, 7) is 4.35. The van der Waals surface area contributed by atoms with Crippen molar-refractivity contribution in [3.8, 4) is 0 Å². The summed E-state index contributed by atoms with van der Waals surface area (Å²) < 4.78 is 0. The normalized spacial score (nSPS) is 19.9. The van der Waals surface area contributed by atoms with Crippen molar-refractivity contribution in [1.29, 1.82) is 0 Å². The molecule has 1 aliphatic rings. The monoisotopic (exact) mass is 277 g/mol. The Hall–Kier alpha value is -1.95. The molecule has 0 saturated carbocycles. The van der Waals surface area contributed by atoms with Gasteiger partial charge in [-0.05, 0) is 25.6 Å². The van der Waals surface area contributed by atoms with Gasteiger partial charge >= 0.3 is 5.97 Å². The smallest absolute Gasteiger partial charge is 0.354 e. The highest BCUT2D eigenvalue weighted by atomic mass is 16.4. The van der Waals surface area contributed by atoms with E-state index in [-0.39, 0.29) is 11.6 Å². The van der Waals surface area contributed by atoms with Gasteiger partial charge in [0.05, 0.1) is 5.56 Å². The number of hydrogen-bond acceptors (Lipinski definition) is 4. The van der Waals surface area contributed by atoms with Crippen LogP contribution in [0.1, 0.15) is 34.2 Å². The van der Waals surface area contributed by atoms with E-state index in [1.807, 2.05) is 4.90 Å². The second kappa shape index (κ2) is 6.00. The Balaban J connectivity index is 2.09. The molecule has 2 rings (SSSR count). The molecule has 1 atom stereocenters. The van der Waals surface area contributed by atoms with Crippen LogP contribution in [-0.4, -0.2) is 64.5 Å². The number of aromatic nitrogens is 1. The summed E-state index contributed by atoms with van der Waals surface area (Å²) in [6, 6.07) is 3.26. The van der Waals surface area contributed by atoms with Crippen molar-refractivity contribution in [1.82, 2.24) is 14.8 Å². The van der Waals surface area contributed by atoms with Crippen molar-refractivity contribution < 1.29 is 14.7 Å². The Morgan fingerprint density at radius 2 is 2.15 bits per heavy atom. The van der Waals surface area contributed by atoms with Gasteiger partial charge in [-0.1, -0.05) is 6.92 Å². The second-order valence-electron chi connectivity index (χ2n) is 5.03. The number of pyridine rings is 1. The molecule has 1 N–H and O–H groups in total. The molecular formula is C14H19N3O3. The first kappa shape index (κ1) is 14.5. The summed E-state index contributed by atoms with van der Waals surface area (Å²) in [5, 5.41) is 8.80. The lowest BCUT2D eigenvalue weighted by molar-refractivity contribution is 0.0540. The molecule has 1 fully saturated rings. The van der Waals surface area contributed by atoms with E-state index in [9.17, 15) is 9.59 Å². The van der Waals surface area contributed by atoms with Crippen LogP contribution in [0.2, 0.25) is 0 Å². The van der Waals surface area contributed by atoms with Crippen LogP contribution in [0.3, 0.4) is 0 Å². The number of carbonyl (C=O) groups excluding carboxylic acids is 1. The summed E-state index contributed by atoms with van der Waals surface area (Å²) >= 11 is 0. The molecule has 1 aromatic heterocycles. The van der Waals surface area contributed by atoms with E-state index in [4.69, 9.17) is 5.11 Å². The maximum atomic E-state index is 12.4. The van der Waals surface area contributed by atoms with Gasteiger partial charge in [-0.25, -0.2) is 9.78 Å². The van der Waals surface area contributed by atoms with Gasteiger partial charge in [-0.15, -0.1) is 0 Å². The summed E-state index contributed by atoms with van der Waals surface area (Å²) in [4.78, 5) is 31.0. The summed E-state index contributed by atoms with van der Waals surface area (Å²) in [5.41, 5.74) is 0.390. The third kappa shape index (κ3) is 2.96. The molecule has 1 aliphatic heterocycles. The molecule has 0 radical (unpaired) electrons. The van der Waals surface area contributed by atoms with Gasteiger partial charge < -0.3 is 10.0 Å². The molecule has 2 heterocycles. The Morgan fingerprint density at radius 3 is 2.70 bits per heavy atom. The lowest BCUT2D eigenvalue weighted by atomic mass is 10.1. The highest BCUT2D eigenvalue weighted by molar-refractivity contribution is 5.95. The molecule has 0 spiro atoms. The largest absolute Gasteiger partial charge is 0.477 e. The molecule has 1 unspecified atom stereocenters. The molecule has 0 bridgehead atoms. The second-order valence-corrected chi connectivity index (χ2v) is 5.03. The number of carbonyl (C=O) groups is 2. The number of likely N-dealkylation sites (N-methyl/N-ethyl adjacent to an activating group) is 1. The third-order valence-electron chi connectivity index (χ3n) is 3.77. The van der Waals surface area contributed by atoms with Crippen molar-refractivity contribution >= 4 is 11.9 Å².